The summed E-state index contributed by atoms with van der Waals surface area (Å²) >= 11 is 0. The molecule has 0 spiro atoms. The van der Waals surface area contributed by atoms with Crippen LogP contribution >= 0.6 is 0 Å². The van der Waals surface area contributed by atoms with Crippen molar-refractivity contribution in [1.29, 1.82) is 0 Å². The molecule has 1 aliphatic rings. The Morgan fingerprint density at radius 2 is 1.87 bits per heavy atom. The minimum atomic E-state index is -0.514. The van der Waals surface area contributed by atoms with Crippen LogP contribution in [0.25, 0.3) is 11.3 Å². The smallest absolute Gasteiger partial charge is 0.338 e. The van der Waals surface area contributed by atoms with Crippen LogP contribution in [0.5, 0.6) is 0 Å². The van der Waals surface area contributed by atoms with E-state index in [4.69, 9.17) is 9.84 Å². The maximum absolute atomic E-state index is 12.5. The number of hydrogen-bond donors (Lipinski definition) is 0. The SMILES string of the molecule is Cc1ccccc1-c1c2c(nn1Cc1cccc(C(=O)OC(C)(C)C)c1)CN(C)C2. The van der Waals surface area contributed by atoms with Crippen LogP contribution in [0.1, 0.15) is 53.5 Å². The van der Waals surface area contributed by atoms with Gasteiger partial charge in [0.05, 0.1) is 23.5 Å². The van der Waals surface area contributed by atoms with E-state index in [-0.39, 0.29) is 5.97 Å². The second kappa shape index (κ2) is 7.73. The highest BCUT2D eigenvalue weighted by Crippen LogP contribution is 2.34. The number of fused-ring (bicyclic) bond motifs is 1. The first kappa shape index (κ1) is 20.4. The van der Waals surface area contributed by atoms with Gasteiger partial charge in [0.25, 0.3) is 0 Å². The molecular formula is C25H29N3O2. The van der Waals surface area contributed by atoms with Crippen molar-refractivity contribution in [3.8, 4) is 11.3 Å². The second-order valence-electron chi connectivity index (χ2n) is 9.12. The summed E-state index contributed by atoms with van der Waals surface area (Å²) in [5.41, 5.74) is 7.15. The van der Waals surface area contributed by atoms with Gasteiger partial charge in [-0.1, -0.05) is 36.4 Å². The predicted octanol–water partition coefficient (Wildman–Crippen LogP) is 4.81. The Morgan fingerprint density at radius 1 is 1.10 bits per heavy atom. The molecule has 3 aromatic rings. The van der Waals surface area contributed by atoms with Crippen molar-refractivity contribution in [3.05, 3.63) is 76.5 Å². The summed E-state index contributed by atoms with van der Waals surface area (Å²) in [4.78, 5) is 14.8. The number of rotatable bonds is 4. The zero-order valence-corrected chi connectivity index (χ0v) is 18.4. The van der Waals surface area contributed by atoms with E-state index in [0.29, 0.717) is 12.1 Å². The van der Waals surface area contributed by atoms with E-state index >= 15 is 0 Å². The van der Waals surface area contributed by atoms with Gasteiger partial charge in [0, 0.05) is 24.2 Å². The number of aromatic nitrogens is 2. The maximum atomic E-state index is 12.5. The maximum Gasteiger partial charge on any atom is 0.338 e. The molecule has 1 aliphatic heterocycles. The lowest BCUT2D eigenvalue weighted by molar-refractivity contribution is 0.00694. The van der Waals surface area contributed by atoms with Gasteiger partial charge < -0.3 is 4.74 Å². The van der Waals surface area contributed by atoms with Crippen LogP contribution in [-0.2, 0) is 24.4 Å². The highest BCUT2D eigenvalue weighted by Gasteiger charge is 2.27. The lowest BCUT2D eigenvalue weighted by atomic mass is 10.0. The molecule has 2 aromatic carbocycles. The van der Waals surface area contributed by atoms with Crippen LogP contribution in [0, 0.1) is 6.92 Å². The number of carbonyl (C=O) groups excluding carboxylic acids is 1. The van der Waals surface area contributed by atoms with Crippen molar-refractivity contribution in [2.45, 2.75) is 52.9 Å². The van der Waals surface area contributed by atoms with Crippen LogP contribution in [0.4, 0.5) is 0 Å². The lowest BCUT2D eigenvalue weighted by Crippen LogP contribution is -2.24. The second-order valence-corrected chi connectivity index (χ2v) is 9.12. The molecule has 0 amide bonds. The van der Waals surface area contributed by atoms with E-state index < -0.39 is 5.60 Å². The molecule has 0 saturated heterocycles. The van der Waals surface area contributed by atoms with Gasteiger partial charge in [0.2, 0.25) is 0 Å². The first-order valence-corrected chi connectivity index (χ1v) is 10.4. The van der Waals surface area contributed by atoms with Gasteiger partial charge >= 0.3 is 5.97 Å². The molecule has 30 heavy (non-hydrogen) atoms. The van der Waals surface area contributed by atoms with Crippen LogP contribution < -0.4 is 0 Å². The van der Waals surface area contributed by atoms with Crippen molar-refractivity contribution in [1.82, 2.24) is 14.7 Å². The first-order valence-electron chi connectivity index (χ1n) is 10.4. The number of nitrogens with zero attached hydrogens (tertiary/aromatic N) is 3. The van der Waals surface area contributed by atoms with Crippen LogP contribution in [0.2, 0.25) is 0 Å². The van der Waals surface area contributed by atoms with E-state index in [1.165, 1.54) is 22.4 Å². The number of carbonyl (C=O) groups is 1. The standard InChI is InChI=1S/C25H29N3O2/c1-17-9-6-7-12-20(17)23-21-15-27(5)16-22(21)26-28(23)14-18-10-8-11-19(13-18)24(29)30-25(2,3)4/h6-13H,14-16H2,1-5H3. The molecule has 5 nitrogen and oxygen atoms in total. The molecule has 4 rings (SSSR count). The number of benzene rings is 2. The van der Waals surface area contributed by atoms with Crippen LogP contribution in [0.15, 0.2) is 48.5 Å². The summed E-state index contributed by atoms with van der Waals surface area (Å²) in [6, 6.07) is 16.1. The Morgan fingerprint density at radius 3 is 2.60 bits per heavy atom. The van der Waals surface area contributed by atoms with Crippen molar-refractivity contribution in [2.24, 2.45) is 0 Å². The van der Waals surface area contributed by atoms with E-state index in [2.05, 4.69) is 47.8 Å². The van der Waals surface area contributed by atoms with Crippen LogP contribution in [-0.4, -0.2) is 33.3 Å². The fourth-order valence-corrected chi connectivity index (χ4v) is 3.98. The normalized spacial score (nSPS) is 14.0. The fourth-order valence-electron chi connectivity index (χ4n) is 3.98. The van der Waals surface area contributed by atoms with Gasteiger partial charge in [-0.25, -0.2) is 4.79 Å². The van der Waals surface area contributed by atoms with E-state index in [1.54, 1.807) is 6.07 Å². The topological polar surface area (TPSA) is 47.4 Å². The molecule has 0 bridgehead atoms. The lowest BCUT2D eigenvalue weighted by Gasteiger charge is -2.19. The summed E-state index contributed by atoms with van der Waals surface area (Å²) in [6.07, 6.45) is 0. The Bertz CT molecular complexity index is 1090. The number of ether oxygens (including phenoxy) is 1. The summed E-state index contributed by atoms with van der Waals surface area (Å²) in [7, 11) is 2.12. The number of aryl methyl sites for hydroxylation is 1. The van der Waals surface area contributed by atoms with Gasteiger partial charge in [-0.2, -0.15) is 5.10 Å². The third-order valence-electron chi connectivity index (χ3n) is 5.28. The molecule has 0 aliphatic carbocycles. The molecule has 5 heteroatoms. The van der Waals surface area contributed by atoms with Gasteiger partial charge in [0.1, 0.15) is 5.60 Å². The zero-order valence-electron chi connectivity index (χ0n) is 18.4. The zero-order chi connectivity index (χ0) is 21.5. The molecule has 0 atom stereocenters. The molecule has 0 N–H and O–H groups in total. The van der Waals surface area contributed by atoms with Crippen molar-refractivity contribution in [3.63, 3.8) is 0 Å². The first-order chi connectivity index (χ1) is 14.2. The molecule has 1 aromatic heterocycles. The number of hydrogen-bond acceptors (Lipinski definition) is 4. The van der Waals surface area contributed by atoms with Gasteiger partial charge in [-0.05, 0) is 58.0 Å². The monoisotopic (exact) mass is 403 g/mol. The van der Waals surface area contributed by atoms with Crippen molar-refractivity contribution in [2.75, 3.05) is 7.05 Å². The highest BCUT2D eigenvalue weighted by molar-refractivity contribution is 5.89. The minimum absolute atomic E-state index is 0.298. The molecule has 0 saturated carbocycles. The van der Waals surface area contributed by atoms with E-state index in [0.717, 1.165) is 24.3 Å². The third kappa shape index (κ3) is 4.17. The summed E-state index contributed by atoms with van der Waals surface area (Å²) in [5, 5.41) is 4.95. The largest absolute Gasteiger partial charge is 0.456 e. The molecule has 156 valence electrons. The molecule has 2 heterocycles. The fraction of sp³-hybridized carbons (Fsp3) is 0.360. The minimum Gasteiger partial charge on any atom is -0.456 e. The van der Waals surface area contributed by atoms with Gasteiger partial charge in [-0.15, -0.1) is 0 Å². The molecule has 0 unspecified atom stereocenters. The third-order valence-corrected chi connectivity index (χ3v) is 5.28. The quantitative estimate of drug-likeness (QED) is 0.587. The van der Waals surface area contributed by atoms with Gasteiger partial charge in [-0.3, -0.25) is 9.58 Å². The van der Waals surface area contributed by atoms with Gasteiger partial charge in [0.15, 0.2) is 0 Å². The van der Waals surface area contributed by atoms with E-state index in [1.807, 2.05) is 39.0 Å². The molecule has 0 fully saturated rings. The average molecular weight is 404 g/mol. The predicted molar refractivity (Wildman–Crippen MR) is 118 cm³/mol. The Balaban J connectivity index is 1.70. The van der Waals surface area contributed by atoms with Crippen molar-refractivity contribution >= 4 is 5.97 Å². The molecule has 0 radical (unpaired) electrons. The van der Waals surface area contributed by atoms with Crippen LogP contribution in [0.3, 0.4) is 0 Å². The Labute approximate surface area is 178 Å². The summed E-state index contributed by atoms with van der Waals surface area (Å²) < 4.78 is 7.62. The highest BCUT2D eigenvalue weighted by atomic mass is 16.6. The molecular weight excluding hydrogens is 374 g/mol. The van der Waals surface area contributed by atoms with Crippen molar-refractivity contribution < 1.29 is 9.53 Å². The Kier molecular flexibility index (Phi) is 5.24. The van der Waals surface area contributed by atoms with E-state index in [9.17, 15) is 4.79 Å². The Hall–Kier alpha value is -2.92. The summed E-state index contributed by atoms with van der Waals surface area (Å²) in [6.45, 7) is 10.1. The summed E-state index contributed by atoms with van der Waals surface area (Å²) in [5.74, 6) is -0.298. The average Bonchev–Trinajstić information content (AvgIpc) is 3.16. The number of esters is 1.